The first-order valence-corrected chi connectivity index (χ1v) is 8.42. The maximum atomic E-state index is 11.9. The van der Waals surface area contributed by atoms with Gasteiger partial charge in [-0.1, -0.05) is 55.0 Å². The number of nitrogens with one attached hydrogen (secondary N) is 1. The van der Waals surface area contributed by atoms with E-state index in [1.54, 1.807) is 0 Å². The topological polar surface area (TPSA) is 55.4 Å². The first kappa shape index (κ1) is 14.5. The zero-order chi connectivity index (χ0) is 13.7. The molecule has 0 aromatic heterocycles. The third-order valence-corrected chi connectivity index (χ3v) is 4.77. The van der Waals surface area contributed by atoms with Crippen molar-refractivity contribution < 1.29 is 13.3 Å². The molecule has 0 radical (unpaired) electrons. The molecular weight excluding hydrogens is 262 g/mol. The van der Waals surface area contributed by atoms with Crippen LogP contribution in [0.1, 0.15) is 44.1 Å². The van der Waals surface area contributed by atoms with Crippen LogP contribution in [-0.2, 0) is 14.9 Å². The Morgan fingerprint density at radius 1 is 1.26 bits per heavy atom. The second kappa shape index (κ2) is 6.50. The molecule has 0 saturated heterocycles. The molecule has 1 aliphatic rings. The van der Waals surface area contributed by atoms with Crippen molar-refractivity contribution in [3.63, 3.8) is 0 Å². The zero-order valence-electron chi connectivity index (χ0n) is 11.2. The van der Waals surface area contributed by atoms with Crippen molar-refractivity contribution in [1.82, 2.24) is 4.89 Å². The van der Waals surface area contributed by atoms with Gasteiger partial charge < -0.3 is 0 Å². The molecule has 1 saturated carbocycles. The van der Waals surface area contributed by atoms with Gasteiger partial charge in [0.05, 0.1) is 11.9 Å². The van der Waals surface area contributed by atoms with Crippen LogP contribution in [0.4, 0.5) is 0 Å². The van der Waals surface area contributed by atoms with Gasteiger partial charge in [0.15, 0.2) is 0 Å². The average molecular weight is 283 g/mol. The lowest BCUT2D eigenvalue weighted by Crippen LogP contribution is -2.32. The summed E-state index contributed by atoms with van der Waals surface area (Å²) in [7, 11) is -3.39. The zero-order valence-corrected chi connectivity index (χ0v) is 12.0. The number of sulfonamides is 1. The van der Waals surface area contributed by atoms with Crippen molar-refractivity contribution >= 4 is 10.0 Å². The summed E-state index contributed by atoms with van der Waals surface area (Å²) >= 11 is 0. The fourth-order valence-electron chi connectivity index (χ4n) is 2.39. The second-order valence-electron chi connectivity index (χ2n) is 5.20. The van der Waals surface area contributed by atoms with E-state index >= 15 is 0 Å². The van der Waals surface area contributed by atoms with Crippen molar-refractivity contribution in [2.75, 3.05) is 5.75 Å². The van der Waals surface area contributed by atoms with Gasteiger partial charge in [0, 0.05) is 0 Å². The molecule has 0 amide bonds. The smallest absolute Gasteiger partial charge is 0.234 e. The summed E-state index contributed by atoms with van der Waals surface area (Å²) in [6.45, 7) is 1.91. The quantitative estimate of drug-likeness (QED) is 0.816. The van der Waals surface area contributed by atoms with Crippen LogP contribution in [0.5, 0.6) is 0 Å². The van der Waals surface area contributed by atoms with E-state index in [-0.39, 0.29) is 17.8 Å². The Morgan fingerprint density at radius 3 is 2.53 bits per heavy atom. The summed E-state index contributed by atoms with van der Waals surface area (Å²) in [6.07, 6.45) is 4.16. The molecule has 1 fully saturated rings. The predicted molar refractivity (Wildman–Crippen MR) is 75.1 cm³/mol. The van der Waals surface area contributed by atoms with Crippen molar-refractivity contribution in [1.29, 1.82) is 0 Å². The predicted octanol–water partition coefficient (Wildman–Crippen LogP) is 2.58. The van der Waals surface area contributed by atoms with Crippen LogP contribution >= 0.6 is 0 Å². The van der Waals surface area contributed by atoms with Crippen LogP contribution < -0.4 is 4.89 Å². The van der Waals surface area contributed by atoms with Gasteiger partial charge in [-0.2, -0.15) is 0 Å². The highest BCUT2D eigenvalue weighted by molar-refractivity contribution is 7.89. The molecule has 2 rings (SSSR count). The number of rotatable bonds is 6. The van der Waals surface area contributed by atoms with E-state index in [0.717, 1.165) is 31.2 Å². The lowest BCUT2D eigenvalue weighted by molar-refractivity contribution is 0.0223. The van der Waals surface area contributed by atoms with Gasteiger partial charge in [0.2, 0.25) is 10.0 Å². The van der Waals surface area contributed by atoms with Gasteiger partial charge in [-0.3, -0.25) is 4.84 Å². The Morgan fingerprint density at radius 2 is 1.89 bits per heavy atom. The fraction of sp³-hybridized carbons (Fsp3) is 0.571. The van der Waals surface area contributed by atoms with Crippen LogP contribution in [-0.4, -0.2) is 20.3 Å². The molecule has 0 bridgehead atoms. The van der Waals surface area contributed by atoms with Crippen LogP contribution in [0.15, 0.2) is 30.3 Å². The lowest BCUT2D eigenvalue weighted by atomic mass is 10.0. The molecule has 1 unspecified atom stereocenters. The molecule has 106 valence electrons. The minimum atomic E-state index is -3.39. The van der Waals surface area contributed by atoms with Crippen LogP contribution in [0.25, 0.3) is 0 Å². The Balaban J connectivity index is 1.86. The molecular formula is C14H21NO3S. The summed E-state index contributed by atoms with van der Waals surface area (Å²) < 4.78 is 23.9. The first-order valence-electron chi connectivity index (χ1n) is 6.77. The molecule has 1 N–H and O–H groups in total. The number of hydrogen-bond donors (Lipinski definition) is 1. The van der Waals surface area contributed by atoms with E-state index in [9.17, 15) is 8.42 Å². The Hall–Kier alpha value is -0.910. The SMILES string of the molecule is CC(CS(=O)(=O)NOC1CCCC1)c1ccccc1. The molecule has 1 atom stereocenters. The Bertz CT molecular complexity index is 481. The molecule has 1 aliphatic carbocycles. The van der Waals surface area contributed by atoms with Crippen LogP contribution in [0.3, 0.4) is 0 Å². The minimum absolute atomic E-state index is 0.0433. The maximum absolute atomic E-state index is 11.9. The number of hydrogen-bond acceptors (Lipinski definition) is 3. The van der Waals surface area contributed by atoms with E-state index in [2.05, 4.69) is 4.89 Å². The lowest BCUT2D eigenvalue weighted by Gasteiger charge is -2.15. The van der Waals surface area contributed by atoms with Gasteiger partial charge in [0.25, 0.3) is 0 Å². The van der Waals surface area contributed by atoms with E-state index < -0.39 is 10.0 Å². The van der Waals surface area contributed by atoms with Crippen LogP contribution in [0, 0.1) is 0 Å². The van der Waals surface area contributed by atoms with Crippen LogP contribution in [0.2, 0.25) is 0 Å². The van der Waals surface area contributed by atoms with Crippen molar-refractivity contribution in [3.05, 3.63) is 35.9 Å². The maximum Gasteiger partial charge on any atom is 0.234 e. The minimum Gasteiger partial charge on any atom is -0.284 e. The highest BCUT2D eigenvalue weighted by Crippen LogP contribution is 2.21. The highest BCUT2D eigenvalue weighted by Gasteiger charge is 2.21. The van der Waals surface area contributed by atoms with Gasteiger partial charge >= 0.3 is 0 Å². The number of benzene rings is 1. The van der Waals surface area contributed by atoms with Gasteiger partial charge in [-0.15, -0.1) is 0 Å². The summed E-state index contributed by atoms with van der Waals surface area (Å²) in [6, 6.07) is 9.64. The van der Waals surface area contributed by atoms with E-state index in [4.69, 9.17) is 4.84 Å². The fourth-order valence-corrected chi connectivity index (χ4v) is 3.59. The standard InChI is InChI=1S/C14H21NO3S/c1-12(13-7-3-2-4-8-13)11-19(16,17)15-18-14-9-5-6-10-14/h2-4,7-8,12,14-15H,5-6,9-11H2,1H3. The molecule has 0 heterocycles. The third kappa shape index (κ3) is 4.60. The van der Waals surface area contributed by atoms with E-state index in [1.165, 1.54) is 0 Å². The van der Waals surface area contributed by atoms with Gasteiger partial charge in [-0.25, -0.2) is 8.42 Å². The summed E-state index contributed by atoms with van der Waals surface area (Å²) in [5, 5.41) is 0. The Kier molecular flexibility index (Phi) is 4.96. The Labute approximate surface area is 115 Å². The molecule has 0 spiro atoms. The summed E-state index contributed by atoms with van der Waals surface area (Å²) in [5.74, 6) is -0.00474. The molecule has 1 aromatic carbocycles. The first-order chi connectivity index (χ1) is 9.07. The van der Waals surface area contributed by atoms with Crippen molar-refractivity contribution in [3.8, 4) is 0 Å². The van der Waals surface area contributed by atoms with E-state index in [1.807, 2.05) is 37.3 Å². The van der Waals surface area contributed by atoms with Crippen molar-refractivity contribution in [2.24, 2.45) is 0 Å². The average Bonchev–Trinajstić information content (AvgIpc) is 2.90. The molecule has 5 heteroatoms. The largest absolute Gasteiger partial charge is 0.284 e. The van der Waals surface area contributed by atoms with Gasteiger partial charge in [-0.05, 0) is 24.3 Å². The highest BCUT2D eigenvalue weighted by atomic mass is 32.2. The molecule has 19 heavy (non-hydrogen) atoms. The third-order valence-electron chi connectivity index (χ3n) is 3.48. The molecule has 1 aromatic rings. The van der Waals surface area contributed by atoms with E-state index in [0.29, 0.717) is 0 Å². The summed E-state index contributed by atoms with van der Waals surface area (Å²) in [4.78, 5) is 7.54. The normalized spacial score (nSPS) is 18.6. The monoisotopic (exact) mass is 283 g/mol. The molecule has 0 aliphatic heterocycles. The second-order valence-corrected chi connectivity index (χ2v) is 6.93. The van der Waals surface area contributed by atoms with Crippen molar-refractivity contribution in [2.45, 2.75) is 44.6 Å². The molecule has 4 nitrogen and oxygen atoms in total. The van der Waals surface area contributed by atoms with Gasteiger partial charge in [0.1, 0.15) is 0 Å². The summed E-state index contributed by atoms with van der Waals surface area (Å²) in [5.41, 5.74) is 1.02.